The number of aromatic nitrogens is 1. The quantitative estimate of drug-likeness (QED) is 0.334. The molecule has 0 bridgehead atoms. The Hall–Kier alpha value is -2.43. The number of hydrogen-bond donors (Lipinski definition) is 0. The average Bonchev–Trinajstić information content (AvgIpc) is 3.21. The van der Waals surface area contributed by atoms with Gasteiger partial charge in [0.05, 0.1) is 29.2 Å². The molecule has 1 saturated heterocycles. The van der Waals surface area contributed by atoms with Gasteiger partial charge in [0, 0.05) is 29.6 Å². The molecule has 0 radical (unpaired) electrons. The zero-order valence-electron chi connectivity index (χ0n) is 22.3. The van der Waals surface area contributed by atoms with Crippen LogP contribution in [-0.2, 0) is 10.0 Å². The van der Waals surface area contributed by atoms with Crippen molar-refractivity contribution in [1.82, 2.24) is 9.29 Å². The summed E-state index contributed by atoms with van der Waals surface area (Å²) in [6.45, 7) is 6.62. The number of carboxylic acid groups (broad SMARTS) is 1. The molecule has 5 rings (SSSR count). The van der Waals surface area contributed by atoms with Gasteiger partial charge in [-0.3, -0.25) is 0 Å². The smallest absolute Gasteiger partial charge is 0.545 e. The molecule has 2 aromatic carbocycles. The van der Waals surface area contributed by atoms with Crippen molar-refractivity contribution in [3.05, 3.63) is 59.2 Å². The molecular formula is C28H29N2NaO6S. The van der Waals surface area contributed by atoms with Crippen LogP contribution in [-0.4, -0.2) is 49.1 Å². The Morgan fingerprint density at radius 1 is 1.16 bits per heavy atom. The Bertz CT molecular complexity index is 1620. The standard InChI is InChI=1S/C28H30N2O6S.Na/c1-16-9-10-24(35-18(3)19-11-13-30(14-12-19)37(4,33)34)25-21(28(31)32)15-22(29-26(16)25)27-17(2)20-7-5-6-8-23(20)36-27;/h5-10,15,18-19H,11-14H2,1-4H3,(H,31,32);/q;+1/p-1. The van der Waals surface area contributed by atoms with E-state index < -0.39 is 16.0 Å². The van der Waals surface area contributed by atoms with Crippen LogP contribution in [0.15, 0.2) is 46.9 Å². The third kappa shape index (κ3) is 5.35. The first-order chi connectivity index (χ1) is 17.5. The molecule has 194 valence electrons. The topological polar surface area (TPSA) is 113 Å². The number of fused-ring (bicyclic) bond motifs is 2. The SMILES string of the molecule is Cc1c(-c2cc(C(=O)[O-])c3c(OC(C)C4CCN(S(C)(=O)=O)CC4)ccc(C)c3n2)oc2ccccc12.[Na+]. The first-order valence-corrected chi connectivity index (χ1v) is 14.2. The number of aromatic carboxylic acids is 1. The van der Waals surface area contributed by atoms with Gasteiger partial charge in [0.1, 0.15) is 17.0 Å². The number of ether oxygens (including phenoxy) is 1. The van der Waals surface area contributed by atoms with Gasteiger partial charge in [-0.2, -0.15) is 0 Å². The van der Waals surface area contributed by atoms with E-state index in [9.17, 15) is 18.3 Å². The maximum Gasteiger partial charge on any atom is 1.00 e. The van der Waals surface area contributed by atoms with Crippen LogP contribution in [0.1, 0.15) is 41.3 Å². The molecule has 3 heterocycles. The summed E-state index contributed by atoms with van der Waals surface area (Å²) < 4.78 is 37.6. The third-order valence-corrected chi connectivity index (χ3v) is 8.67. The fourth-order valence-electron chi connectivity index (χ4n) is 5.21. The Kier molecular flexibility index (Phi) is 8.26. The van der Waals surface area contributed by atoms with E-state index in [1.165, 1.54) is 16.6 Å². The summed E-state index contributed by atoms with van der Waals surface area (Å²) in [5, 5.41) is 13.7. The second-order valence-corrected chi connectivity index (χ2v) is 11.8. The largest absolute Gasteiger partial charge is 1.00 e. The Labute approximate surface area is 244 Å². The van der Waals surface area contributed by atoms with E-state index in [0.717, 1.165) is 16.5 Å². The van der Waals surface area contributed by atoms with E-state index in [2.05, 4.69) is 0 Å². The zero-order chi connectivity index (χ0) is 26.5. The number of piperidine rings is 1. The first kappa shape index (κ1) is 28.6. The van der Waals surface area contributed by atoms with E-state index in [-0.39, 0.29) is 47.1 Å². The molecule has 8 nitrogen and oxygen atoms in total. The van der Waals surface area contributed by atoms with Gasteiger partial charge < -0.3 is 19.1 Å². The predicted molar refractivity (Wildman–Crippen MR) is 140 cm³/mol. The van der Waals surface area contributed by atoms with Crippen LogP contribution in [0.2, 0.25) is 0 Å². The Balaban J connectivity index is 0.00000336. The monoisotopic (exact) mass is 544 g/mol. The Morgan fingerprint density at radius 3 is 2.47 bits per heavy atom. The predicted octanol–water partition coefficient (Wildman–Crippen LogP) is 1.07. The van der Waals surface area contributed by atoms with Crippen LogP contribution in [0.5, 0.6) is 5.75 Å². The molecule has 10 heteroatoms. The molecule has 0 amide bonds. The maximum absolute atomic E-state index is 12.3. The van der Waals surface area contributed by atoms with E-state index in [0.29, 0.717) is 59.6 Å². The van der Waals surface area contributed by atoms with Crippen LogP contribution < -0.4 is 39.4 Å². The molecule has 1 aliphatic heterocycles. The number of carboxylic acids is 1. The number of aryl methyl sites for hydroxylation is 2. The van der Waals surface area contributed by atoms with Gasteiger partial charge in [-0.15, -0.1) is 0 Å². The van der Waals surface area contributed by atoms with Gasteiger partial charge in [0.15, 0.2) is 5.76 Å². The number of para-hydroxylation sites is 1. The first-order valence-electron chi connectivity index (χ1n) is 12.3. The summed E-state index contributed by atoms with van der Waals surface area (Å²) in [5.74, 6) is -0.265. The van der Waals surface area contributed by atoms with Gasteiger partial charge in [0.25, 0.3) is 0 Å². The number of hydrogen-bond acceptors (Lipinski definition) is 7. The molecule has 4 aromatic rings. The van der Waals surface area contributed by atoms with E-state index in [4.69, 9.17) is 14.1 Å². The fourth-order valence-corrected chi connectivity index (χ4v) is 6.08. The summed E-state index contributed by atoms with van der Waals surface area (Å²) in [6, 6.07) is 12.7. The molecule has 1 atom stereocenters. The van der Waals surface area contributed by atoms with Gasteiger partial charge in [-0.1, -0.05) is 24.3 Å². The fraction of sp³-hybridized carbons (Fsp3) is 0.357. The van der Waals surface area contributed by atoms with Crippen molar-refractivity contribution in [2.75, 3.05) is 19.3 Å². The molecule has 38 heavy (non-hydrogen) atoms. The number of furan rings is 1. The number of benzene rings is 2. The van der Waals surface area contributed by atoms with E-state index in [1.54, 1.807) is 6.07 Å². The Morgan fingerprint density at radius 2 is 1.84 bits per heavy atom. The maximum atomic E-state index is 12.3. The van der Waals surface area contributed by atoms with Crippen LogP contribution in [0, 0.1) is 19.8 Å². The van der Waals surface area contributed by atoms with Crippen molar-refractivity contribution in [1.29, 1.82) is 0 Å². The summed E-state index contributed by atoms with van der Waals surface area (Å²) in [4.78, 5) is 17.2. The number of carbonyl (C=O) groups excluding carboxylic acids is 1. The van der Waals surface area contributed by atoms with Crippen LogP contribution in [0.25, 0.3) is 33.3 Å². The minimum Gasteiger partial charge on any atom is -0.545 e. The summed E-state index contributed by atoms with van der Waals surface area (Å²) in [7, 11) is -3.22. The van der Waals surface area contributed by atoms with Crippen LogP contribution in [0.3, 0.4) is 0 Å². The van der Waals surface area contributed by atoms with Crippen molar-refractivity contribution in [3.8, 4) is 17.2 Å². The number of rotatable bonds is 6. The minimum absolute atomic E-state index is 0. The number of pyridine rings is 1. The average molecular weight is 545 g/mol. The van der Waals surface area contributed by atoms with Crippen LogP contribution in [0.4, 0.5) is 0 Å². The molecule has 0 saturated carbocycles. The molecule has 0 aliphatic carbocycles. The van der Waals surface area contributed by atoms with Gasteiger partial charge in [-0.25, -0.2) is 17.7 Å². The molecule has 0 N–H and O–H groups in total. The molecular weight excluding hydrogens is 515 g/mol. The summed E-state index contributed by atoms with van der Waals surface area (Å²) >= 11 is 0. The van der Waals surface area contributed by atoms with Gasteiger partial charge in [0.2, 0.25) is 10.0 Å². The van der Waals surface area contributed by atoms with Crippen molar-refractivity contribution in [2.45, 2.75) is 39.7 Å². The van der Waals surface area contributed by atoms with Crippen LogP contribution >= 0.6 is 0 Å². The van der Waals surface area contributed by atoms with E-state index >= 15 is 0 Å². The molecule has 1 aliphatic rings. The van der Waals surface area contributed by atoms with Gasteiger partial charge in [-0.05, 0) is 63.3 Å². The van der Waals surface area contributed by atoms with Crippen molar-refractivity contribution >= 4 is 37.9 Å². The van der Waals surface area contributed by atoms with E-state index in [1.807, 2.05) is 51.1 Å². The minimum atomic E-state index is -3.22. The molecule has 2 aromatic heterocycles. The molecule has 0 spiro atoms. The molecule has 1 fully saturated rings. The molecule has 1 unspecified atom stereocenters. The normalized spacial score (nSPS) is 15.9. The van der Waals surface area contributed by atoms with Crippen molar-refractivity contribution in [2.24, 2.45) is 5.92 Å². The number of nitrogens with zero attached hydrogens (tertiary/aromatic N) is 2. The van der Waals surface area contributed by atoms with Crippen molar-refractivity contribution < 1.29 is 57.0 Å². The third-order valence-electron chi connectivity index (χ3n) is 7.36. The second kappa shape index (κ2) is 11.0. The zero-order valence-corrected chi connectivity index (χ0v) is 25.1. The number of sulfonamides is 1. The van der Waals surface area contributed by atoms with Crippen molar-refractivity contribution in [3.63, 3.8) is 0 Å². The second-order valence-electron chi connectivity index (χ2n) is 9.82. The van der Waals surface area contributed by atoms with Gasteiger partial charge >= 0.3 is 29.6 Å². The number of carbonyl (C=O) groups is 1. The summed E-state index contributed by atoms with van der Waals surface area (Å²) in [5.41, 5.74) is 3.30. The summed E-state index contributed by atoms with van der Waals surface area (Å²) in [6.07, 6.45) is 2.30.